The Kier molecular flexibility index (Phi) is 4.03. The summed E-state index contributed by atoms with van der Waals surface area (Å²) < 4.78 is 0. The van der Waals surface area contributed by atoms with E-state index in [9.17, 15) is 4.79 Å². The Morgan fingerprint density at radius 3 is 2.67 bits per heavy atom. The molecule has 1 aromatic heterocycles. The van der Waals surface area contributed by atoms with E-state index in [1.807, 2.05) is 20.8 Å². The van der Waals surface area contributed by atoms with Gasteiger partial charge in [-0.25, -0.2) is 9.97 Å². The smallest absolute Gasteiger partial charge is 0.230 e. The van der Waals surface area contributed by atoms with Crippen molar-refractivity contribution in [3.63, 3.8) is 0 Å². The minimum Gasteiger partial charge on any atom is -0.294 e. The average Bonchev–Trinajstić information content (AvgIpc) is 2.16. The molecule has 0 fully saturated rings. The number of rotatable bonds is 3. The number of amides is 1. The molecule has 1 rings (SSSR count). The molecule has 0 spiro atoms. The molecule has 1 heterocycles. The van der Waals surface area contributed by atoms with Crippen LogP contribution in [0.15, 0.2) is 12.3 Å². The molecule has 0 bridgehead atoms. The van der Waals surface area contributed by atoms with Crippen LogP contribution in [0.2, 0.25) is 5.15 Å². The lowest BCUT2D eigenvalue weighted by Crippen LogP contribution is -2.25. The van der Waals surface area contributed by atoms with Crippen LogP contribution in [0.5, 0.6) is 0 Å². The quantitative estimate of drug-likeness (QED) is 0.807. The Bertz CT molecular complexity index is 354. The second-order valence-corrected chi connectivity index (χ2v) is 4.11. The molecule has 0 saturated carbocycles. The van der Waals surface area contributed by atoms with Crippen LogP contribution in [0.25, 0.3) is 0 Å². The number of carbonyl (C=O) groups excluding carboxylic acids is 1. The molecule has 0 aliphatic rings. The van der Waals surface area contributed by atoms with Gasteiger partial charge in [-0.3, -0.25) is 10.1 Å². The van der Waals surface area contributed by atoms with Gasteiger partial charge in [-0.15, -0.1) is 0 Å². The van der Waals surface area contributed by atoms with Gasteiger partial charge in [0.05, 0.1) is 0 Å². The molecule has 0 saturated heterocycles. The maximum absolute atomic E-state index is 11.6. The molecule has 1 amide bonds. The molecule has 5 heteroatoms. The van der Waals surface area contributed by atoms with E-state index in [0.29, 0.717) is 5.15 Å². The van der Waals surface area contributed by atoms with Crippen molar-refractivity contribution in [1.82, 2.24) is 9.97 Å². The first kappa shape index (κ1) is 11.9. The summed E-state index contributed by atoms with van der Waals surface area (Å²) in [6.07, 6.45) is 1.50. The first-order chi connectivity index (χ1) is 7.00. The minimum atomic E-state index is -0.0905. The summed E-state index contributed by atoms with van der Waals surface area (Å²) in [6.45, 7) is 5.84. The molecule has 82 valence electrons. The topological polar surface area (TPSA) is 54.9 Å². The molecule has 0 aliphatic carbocycles. The van der Waals surface area contributed by atoms with Gasteiger partial charge in [0.25, 0.3) is 0 Å². The Morgan fingerprint density at radius 2 is 2.13 bits per heavy atom. The van der Waals surface area contributed by atoms with Gasteiger partial charge < -0.3 is 0 Å². The lowest BCUT2D eigenvalue weighted by molar-refractivity contribution is -0.120. The summed E-state index contributed by atoms with van der Waals surface area (Å²) in [7, 11) is 0. The van der Waals surface area contributed by atoms with Crippen molar-refractivity contribution in [2.75, 3.05) is 5.32 Å². The van der Waals surface area contributed by atoms with Crippen LogP contribution in [0.3, 0.4) is 0 Å². The van der Waals surface area contributed by atoms with Crippen LogP contribution >= 0.6 is 11.6 Å². The number of hydrogen-bond donors (Lipinski definition) is 1. The van der Waals surface area contributed by atoms with Crippen LogP contribution in [0, 0.1) is 11.8 Å². The third-order valence-corrected chi connectivity index (χ3v) is 2.48. The lowest BCUT2D eigenvalue weighted by atomic mass is 9.97. The van der Waals surface area contributed by atoms with E-state index in [2.05, 4.69) is 15.3 Å². The molecule has 0 aromatic carbocycles. The molecule has 15 heavy (non-hydrogen) atoms. The first-order valence-corrected chi connectivity index (χ1v) is 5.18. The van der Waals surface area contributed by atoms with Crippen molar-refractivity contribution in [3.8, 4) is 0 Å². The van der Waals surface area contributed by atoms with Gasteiger partial charge in [-0.2, -0.15) is 0 Å². The Labute approximate surface area is 94.1 Å². The summed E-state index contributed by atoms with van der Waals surface area (Å²) in [6, 6.07) is 1.56. The average molecular weight is 228 g/mol. The number of nitrogens with one attached hydrogen (secondary N) is 1. The van der Waals surface area contributed by atoms with Crippen LogP contribution in [-0.2, 0) is 4.79 Å². The predicted octanol–water partition coefficient (Wildman–Crippen LogP) is 2.36. The number of anilines is 1. The Hall–Kier alpha value is -1.16. The van der Waals surface area contributed by atoms with Gasteiger partial charge in [0.15, 0.2) is 0 Å². The fourth-order valence-electron chi connectivity index (χ4n) is 0.924. The number of hydrogen-bond acceptors (Lipinski definition) is 3. The number of carbonyl (C=O) groups is 1. The highest BCUT2D eigenvalue weighted by atomic mass is 35.5. The van der Waals surface area contributed by atoms with Crippen molar-refractivity contribution in [2.24, 2.45) is 11.8 Å². The molecule has 0 radical (unpaired) electrons. The molecule has 1 N–H and O–H groups in total. The zero-order valence-corrected chi connectivity index (χ0v) is 9.75. The largest absolute Gasteiger partial charge is 0.294 e. The van der Waals surface area contributed by atoms with Gasteiger partial charge in [0.2, 0.25) is 11.9 Å². The Morgan fingerprint density at radius 1 is 1.47 bits per heavy atom. The number of aromatic nitrogens is 2. The molecule has 1 aromatic rings. The van der Waals surface area contributed by atoms with Crippen molar-refractivity contribution in [2.45, 2.75) is 20.8 Å². The zero-order chi connectivity index (χ0) is 11.4. The van der Waals surface area contributed by atoms with E-state index in [1.54, 1.807) is 6.07 Å². The number of nitrogens with zero attached hydrogens (tertiary/aromatic N) is 2. The highest BCUT2D eigenvalue weighted by Gasteiger charge is 2.17. The van der Waals surface area contributed by atoms with E-state index in [4.69, 9.17) is 11.6 Å². The highest BCUT2D eigenvalue weighted by Crippen LogP contribution is 2.12. The fourth-order valence-corrected chi connectivity index (χ4v) is 1.06. The minimum absolute atomic E-state index is 0.0763. The van der Waals surface area contributed by atoms with Crippen LogP contribution in [-0.4, -0.2) is 15.9 Å². The molecular formula is C10H14ClN3O. The van der Waals surface area contributed by atoms with Gasteiger partial charge in [0, 0.05) is 12.1 Å². The van der Waals surface area contributed by atoms with Gasteiger partial charge in [0.1, 0.15) is 5.15 Å². The SMILES string of the molecule is CC(C)C(C)C(=O)Nc1nccc(Cl)n1. The van der Waals surface area contributed by atoms with Crippen molar-refractivity contribution >= 4 is 23.5 Å². The van der Waals surface area contributed by atoms with E-state index in [1.165, 1.54) is 6.20 Å². The van der Waals surface area contributed by atoms with E-state index >= 15 is 0 Å². The zero-order valence-electron chi connectivity index (χ0n) is 8.99. The van der Waals surface area contributed by atoms with E-state index in [0.717, 1.165) is 0 Å². The van der Waals surface area contributed by atoms with E-state index in [-0.39, 0.29) is 23.7 Å². The summed E-state index contributed by atoms with van der Waals surface area (Å²) in [5.41, 5.74) is 0. The summed E-state index contributed by atoms with van der Waals surface area (Å²) in [4.78, 5) is 19.4. The van der Waals surface area contributed by atoms with Gasteiger partial charge in [-0.05, 0) is 12.0 Å². The van der Waals surface area contributed by atoms with Crippen LogP contribution in [0.1, 0.15) is 20.8 Å². The molecule has 1 unspecified atom stereocenters. The molecule has 1 atom stereocenters. The normalized spacial score (nSPS) is 12.6. The highest BCUT2D eigenvalue weighted by molar-refractivity contribution is 6.29. The van der Waals surface area contributed by atoms with E-state index < -0.39 is 0 Å². The second-order valence-electron chi connectivity index (χ2n) is 3.72. The third kappa shape index (κ3) is 3.47. The maximum Gasteiger partial charge on any atom is 0.230 e. The first-order valence-electron chi connectivity index (χ1n) is 4.80. The van der Waals surface area contributed by atoms with Crippen molar-refractivity contribution < 1.29 is 4.79 Å². The fraction of sp³-hybridized carbons (Fsp3) is 0.500. The van der Waals surface area contributed by atoms with Crippen molar-refractivity contribution in [3.05, 3.63) is 17.4 Å². The molecular weight excluding hydrogens is 214 g/mol. The van der Waals surface area contributed by atoms with Crippen molar-refractivity contribution in [1.29, 1.82) is 0 Å². The summed E-state index contributed by atoms with van der Waals surface area (Å²) in [5, 5.41) is 2.94. The van der Waals surface area contributed by atoms with Gasteiger partial charge >= 0.3 is 0 Å². The van der Waals surface area contributed by atoms with Gasteiger partial charge in [-0.1, -0.05) is 32.4 Å². The predicted molar refractivity (Wildman–Crippen MR) is 59.7 cm³/mol. The lowest BCUT2D eigenvalue weighted by Gasteiger charge is -2.14. The summed E-state index contributed by atoms with van der Waals surface area (Å²) in [5.74, 6) is 0.365. The second kappa shape index (κ2) is 5.07. The third-order valence-electron chi connectivity index (χ3n) is 2.27. The maximum atomic E-state index is 11.6. The van der Waals surface area contributed by atoms with Crippen LogP contribution in [0.4, 0.5) is 5.95 Å². The van der Waals surface area contributed by atoms with Crippen LogP contribution < -0.4 is 5.32 Å². The summed E-state index contributed by atoms with van der Waals surface area (Å²) >= 11 is 5.67. The Balaban J connectivity index is 2.66. The standard InChI is InChI=1S/C10H14ClN3O/c1-6(2)7(3)9(15)14-10-12-5-4-8(11)13-10/h4-7H,1-3H3,(H,12,13,14,15). The molecule has 4 nitrogen and oxygen atoms in total. The number of halogens is 1. The molecule has 0 aliphatic heterocycles. The monoisotopic (exact) mass is 227 g/mol.